The molecule has 26 heavy (non-hydrogen) atoms. The van der Waals surface area contributed by atoms with E-state index >= 15 is 0 Å². The highest BCUT2D eigenvalue weighted by Gasteiger charge is 2.51. The van der Waals surface area contributed by atoms with Crippen molar-refractivity contribution in [2.45, 2.75) is 44.9 Å². The number of hydrogen-bond donors (Lipinski definition) is 0. The van der Waals surface area contributed by atoms with E-state index < -0.39 is 0 Å². The second-order valence-corrected chi connectivity index (χ2v) is 10.3. The Bertz CT molecular complexity index is 955. The zero-order valence-corrected chi connectivity index (χ0v) is 16.1. The van der Waals surface area contributed by atoms with Crippen LogP contribution in [0.15, 0.2) is 24.3 Å². The molecule has 7 rings (SSSR count). The van der Waals surface area contributed by atoms with Crippen molar-refractivity contribution in [2.24, 2.45) is 23.2 Å². The summed E-state index contributed by atoms with van der Waals surface area (Å²) in [6.07, 6.45) is 9.84. The SMILES string of the molecule is Clc1cccc(-c2nnc3sc(CC45CC6CC(CC(C6)C4)C5)nn23)c1. The monoisotopic (exact) mass is 384 g/mol. The van der Waals surface area contributed by atoms with Gasteiger partial charge in [0.15, 0.2) is 5.82 Å². The Morgan fingerprint density at radius 3 is 2.50 bits per heavy atom. The van der Waals surface area contributed by atoms with Crippen LogP contribution in [-0.4, -0.2) is 19.8 Å². The molecule has 4 nitrogen and oxygen atoms in total. The van der Waals surface area contributed by atoms with Gasteiger partial charge in [-0.05, 0) is 73.8 Å². The van der Waals surface area contributed by atoms with Crippen LogP contribution >= 0.6 is 22.9 Å². The van der Waals surface area contributed by atoms with E-state index in [0.717, 1.165) is 40.5 Å². The van der Waals surface area contributed by atoms with Crippen LogP contribution < -0.4 is 0 Å². The Kier molecular flexibility index (Phi) is 3.31. The maximum Gasteiger partial charge on any atom is 0.234 e. The summed E-state index contributed by atoms with van der Waals surface area (Å²) in [7, 11) is 0. The lowest BCUT2D eigenvalue weighted by Crippen LogP contribution is -2.47. The third-order valence-corrected chi connectivity index (χ3v) is 7.94. The third kappa shape index (κ3) is 2.43. The summed E-state index contributed by atoms with van der Waals surface area (Å²) in [5.41, 5.74) is 1.48. The lowest BCUT2D eigenvalue weighted by atomic mass is 9.49. The summed E-state index contributed by atoms with van der Waals surface area (Å²) >= 11 is 7.86. The predicted octanol–water partition coefficient (Wildman–Crippen LogP) is 5.27. The van der Waals surface area contributed by atoms with E-state index in [1.165, 1.54) is 43.5 Å². The molecule has 4 aliphatic rings. The number of halogens is 1. The first-order valence-corrected chi connectivity index (χ1v) is 10.8. The van der Waals surface area contributed by atoms with E-state index in [-0.39, 0.29) is 0 Å². The van der Waals surface area contributed by atoms with E-state index in [4.69, 9.17) is 16.7 Å². The van der Waals surface area contributed by atoms with Gasteiger partial charge in [-0.3, -0.25) is 0 Å². The highest BCUT2D eigenvalue weighted by atomic mass is 35.5. The van der Waals surface area contributed by atoms with Gasteiger partial charge < -0.3 is 0 Å². The molecule has 0 radical (unpaired) electrons. The van der Waals surface area contributed by atoms with Gasteiger partial charge in [0, 0.05) is 17.0 Å². The summed E-state index contributed by atoms with van der Waals surface area (Å²) < 4.78 is 1.91. The fraction of sp³-hybridized carbons (Fsp3) is 0.550. The highest BCUT2D eigenvalue weighted by molar-refractivity contribution is 7.16. The molecule has 0 saturated heterocycles. The Balaban J connectivity index is 1.34. The molecule has 4 bridgehead atoms. The quantitative estimate of drug-likeness (QED) is 0.618. The van der Waals surface area contributed by atoms with Gasteiger partial charge in [0.25, 0.3) is 0 Å². The first kappa shape index (κ1) is 15.6. The van der Waals surface area contributed by atoms with Crippen LogP contribution in [0.25, 0.3) is 16.3 Å². The lowest BCUT2D eigenvalue weighted by molar-refractivity contribution is -0.0522. The first-order valence-electron chi connectivity index (χ1n) is 9.63. The summed E-state index contributed by atoms with van der Waals surface area (Å²) in [5.74, 6) is 3.73. The minimum atomic E-state index is 0.508. The van der Waals surface area contributed by atoms with Gasteiger partial charge in [0.1, 0.15) is 5.01 Å². The van der Waals surface area contributed by atoms with Crippen molar-refractivity contribution < 1.29 is 0 Å². The minimum Gasteiger partial charge on any atom is -0.183 e. The van der Waals surface area contributed by atoms with Crippen molar-refractivity contribution in [2.75, 3.05) is 0 Å². The van der Waals surface area contributed by atoms with E-state index in [1.54, 1.807) is 11.3 Å². The summed E-state index contributed by atoms with van der Waals surface area (Å²) in [4.78, 5) is 0.889. The van der Waals surface area contributed by atoms with E-state index in [9.17, 15) is 0 Å². The van der Waals surface area contributed by atoms with E-state index in [1.807, 2.05) is 28.8 Å². The van der Waals surface area contributed by atoms with Crippen LogP contribution in [0.4, 0.5) is 0 Å². The Morgan fingerprint density at radius 1 is 1.08 bits per heavy atom. The summed E-state index contributed by atoms with van der Waals surface area (Å²) in [6, 6.07) is 7.76. The molecule has 4 saturated carbocycles. The first-order chi connectivity index (χ1) is 12.7. The predicted molar refractivity (Wildman–Crippen MR) is 103 cm³/mol. The lowest BCUT2D eigenvalue weighted by Gasteiger charge is -2.56. The highest BCUT2D eigenvalue weighted by Crippen LogP contribution is 2.61. The molecule has 6 heteroatoms. The van der Waals surface area contributed by atoms with Crippen LogP contribution in [0.3, 0.4) is 0 Å². The molecular formula is C20H21ClN4S. The number of rotatable bonds is 3. The van der Waals surface area contributed by atoms with Crippen molar-refractivity contribution in [3.8, 4) is 11.4 Å². The van der Waals surface area contributed by atoms with E-state index in [2.05, 4.69) is 10.2 Å². The molecule has 0 unspecified atom stereocenters. The molecule has 1 aromatic carbocycles. The van der Waals surface area contributed by atoms with Gasteiger partial charge in [-0.15, -0.1) is 10.2 Å². The van der Waals surface area contributed by atoms with Crippen molar-refractivity contribution in [3.05, 3.63) is 34.3 Å². The molecule has 2 heterocycles. The molecule has 0 spiro atoms. The molecule has 0 aliphatic heterocycles. The largest absolute Gasteiger partial charge is 0.234 e. The molecule has 134 valence electrons. The molecular weight excluding hydrogens is 364 g/mol. The van der Waals surface area contributed by atoms with Gasteiger partial charge in [0.2, 0.25) is 4.96 Å². The van der Waals surface area contributed by atoms with Crippen molar-refractivity contribution >= 4 is 27.9 Å². The molecule has 4 aliphatic carbocycles. The average molecular weight is 385 g/mol. The summed E-state index contributed by atoms with van der Waals surface area (Å²) in [5, 5.41) is 15.6. The topological polar surface area (TPSA) is 43.1 Å². The number of benzene rings is 1. The second-order valence-electron chi connectivity index (χ2n) is 8.82. The molecule has 4 fully saturated rings. The minimum absolute atomic E-state index is 0.508. The Hall–Kier alpha value is -1.46. The Morgan fingerprint density at radius 2 is 1.81 bits per heavy atom. The van der Waals surface area contributed by atoms with Crippen LogP contribution in [0.5, 0.6) is 0 Å². The van der Waals surface area contributed by atoms with Crippen LogP contribution in [0, 0.1) is 23.2 Å². The second kappa shape index (κ2) is 5.52. The van der Waals surface area contributed by atoms with Gasteiger partial charge in [-0.25, -0.2) is 0 Å². The molecule has 3 aromatic rings. The molecule has 0 amide bonds. The van der Waals surface area contributed by atoms with Crippen LogP contribution in [-0.2, 0) is 6.42 Å². The zero-order chi connectivity index (χ0) is 17.3. The maximum atomic E-state index is 6.15. The van der Waals surface area contributed by atoms with Gasteiger partial charge >= 0.3 is 0 Å². The summed E-state index contributed by atoms with van der Waals surface area (Å²) in [6.45, 7) is 0. The van der Waals surface area contributed by atoms with Gasteiger partial charge in [0.05, 0.1) is 0 Å². The molecule has 2 aromatic heterocycles. The normalized spacial score (nSPS) is 32.6. The number of aromatic nitrogens is 4. The maximum absolute atomic E-state index is 6.15. The number of nitrogens with zero attached hydrogens (tertiary/aromatic N) is 4. The average Bonchev–Trinajstić information content (AvgIpc) is 3.12. The van der Waals surface area contributed by atoms with Gasteiger partial charge in [-0.1, -0.05) is 35.1 Å². The number of hydrogen-bond acceptors (Lipinski definition) is 4. The smallest absolute Gasteiger partial charge is 0.183 e. The fourth-order valence-corrected chi connectivity index (χ4v) is 7.56. The van der Waals surface area contributed by atoms with Crippen molar-refractivity contribution in [1.29, 1.82) is 0 Å². The molecule has 0 N–H and O–H groups in total. The zero-order valence-electron chi connectivity index (χ0n) is 14.6. The van der Waals surface area contributed by atoms with Crippen LogP contribution in [0.2, 0.25) is 5.02 Å². The van der Waals surface area contributed by atoms with Crippen LogP contribution in [0.1, 0.15) is 43.5 Å². The van der Waals surface area contributed by atoms with E-state index in [0.29, 0.717) is 10.4 Å². The number of fused-ring (bicyclic) bond motifs is 1. The van der Waals surface area contributed by atoms with Gasteiger partial charge in [-0.2, -0.15) is 9.61 Å². The van der Waals surface area contributed by atoms with Crippen molar-refractivity contribution in [1.82, 2.24) is 19.8 Å². The Labute approximate surface area is 161 Å². The fourth-order valence-electron chi connectivity index (χ4n) is 6.36. The standard InChI is InChI=1S/C20H21ClN4S/c21-16-3-1-2-15(7-16)18-22-23-19-25(18)24-17(26-19)11-20-8-12-4-13(9-20)6-14(5-12)10-20/h1-3,7,12-14H,4-6,8-11H2. The third-order valence-electron chi connectivity index (χ3n) is 6.81. The van der Waals surface area contributed by atoms with Crippen molar-refractivity contribution in [3.63, 3.8) is 0 Å². The molecule has 0 atom stereocenters.